The minimum atomic E-state index is -0.221. The molecule has 3 nitrogen and oxygen atoms in total. The number of carbonyl (C=O) groups is 2. The maximum absolute atomic E-state index is 12.2. The van der Waals surface area contributed by atoms with Crippen molar-refractivity contribution in [1.29, 1.82) is 0 Å². The number of alkyl halides is 1. The summed E-state index contributed by atoms with van der Waals surface area (Å²) in [7, 11) is 0. The second-order valence-electron chi connectivity index (χ2n) is 4.24. The normalized spacial score (nSPS) is 13.0. The van der Waals surface area contributed by atoms with Crippen LogP contribution in [0.3, 0.4) is 0 Å². The summed E-state index contributed by atoms with van der Waals surface area (Å²) in [6.45, 7) is 4.31. The minimum Gasteiger partial charge on any atom is -0.269 e. The summed E-state index contributed by atoms with van der Waals surface area (Å²) in [5, 5.41) is 0. The van der Waals surface area contributed by atoms with Gasteiger partial charge in [-0.1, -0.05) is 26.0 Å². The van der Waals surface area contributed by atoms with Gasteiger partial charge in [-0.15, -0.1) is 22.9 Å². The summed E-state index contributed by atoms with van der Waals surface area (Å²) in [5.41, 5.74) is 0.975. The van der Waals surface area contributed by atoms with Gasteiger partial charge in [0, 0.05) is 9.75 Å². The van der Waals surface area contributed by atoms with Crippen LogP contribution in [0.5, 0.6) is 0 Å². The number of halogens is 1. The molecule has 1 aliphatic heterocycles. The van der Waals surface area contributed by atoms with Crippen LogP contribution in [-0.4, -0.2) is 16.7 Å². The Labute approximate surface area is 133 Å². The third kappa shape index (κ3) is 3.01. The van der Waals surface area contributed by atoms with Crippen molar-refractivity contribution in [2.24, 2.45) is 0 Å². The number of nitrogens with zero attached hydrogens (tertiary/aromatic N) is 1. The number of carbonyl (C=O) groups excluding carboxylic acids is 2. The summed E-state index contributed by atoms with van der Waals surface area (Å²) >= 11 is 7.27. The molecule has 110 valence electrons. The Bertz CT molecular complexity index is 631. The highest BCUT2D eigenvalue weighted by molar-refractivity contribution is 7.12. The average molecular weight is 322 g/mol. The Morgan fingerprint density at radius 2 is 1.48 bits per heavy atom. The number of hydrogen-bond donors (Lipinski definition) is 0. The molecular formula is C16H16ClNO2S. The van der Waals surface area contributed by atoms with Crippen LogP contribution in [0.4, 0.5) is 0 Å². The number of fused-ring (bicyclic) bond motifs is 1. The number of benzene rings is 1. The Hall–Kier alpha value is -1.65. The standard InChI is InChI=1S/C14H10ClNO2S.C2H6/c15-7-9-5-6-10(19-9)8-16-13(17)11-3-1-2-4-12(11)14(16)18;1-2/h1-6H,7-8H2;1-2H3. The number of imide groups is 1. The third-order valence-electron chi connectivity index (χ3n) is 3.04. The summed E-state index contributed by atoms with van der Waals surface area (Å²) in [5.74, 6) is 0.00937. The van der Waals surface area contributed by atoms with Gasteiger partial charge < -0.3 is 0 Å². The fourth-order valence-electron chi connectivity index (χ4n) is 2.12. The SMILES string of the molecule is CC.O=C1c2ccccc2C(=O)N1Cc1ccc(CCl)s1. The molecule has 21 heavy (non-hydrogen) atoms. The number of rotatable bonds is 3. The van der Waals surface area contributed by atoms with Crippen molar-refractivity contribution < 1.29 is 9.59 Å². The molecule has 0 saturated heterocycles. The van der Waals surface area contributed by atoms with E-state index in [-0.39, 0.29) is 11.8 Å². The molecule has 0 atom stereocenters. The third-order valence-corrected chi connectivity index (χ3v) is 4.56. The molecule has 0 saturated carbocycles. The lowest BCUT2D eigenvalue weighted by molar-refractivity contribution is 0.0644. The van der Waals surface area contributed by atoms with Gasteiger partial charge in [-0.25, -0.2) is 0 Å². The fourth-order valence-corrected chi connectivity index (χ4v) is 3.23. The van der Waals surface area contributed by atoms with Crippen molar-refractivity contribution in [3.8, 4) is 0 Å². The minimum absolute atomic E-state index is 0.221. The highest BCUT2D eigenvalue weighted by atomic mass is 35.5. The molecule has 0 unspecified atom stereocenters. The number of amides is 2. The van der Waals surface area contributed by atoms with Crippen molar-refractivity contribution in [1.82, 2.24) is 4.90 Å². The zero-order chi connectivity index (χ0) is 15.4. The Morgan fingerprint density at radius 3 is 1.95 bits per heavy atom. The highest BCUT2D eigenvalue weighted by Crippen LogP contribution is 2.26. The topological polar surface area (TPSA) is 37.4 Å². The van der Waals surface area contributed by atoms with Crippen LogP contribution < -0.4 is 0 Å². The van der Waals surface area contributed by atoms with Crippen molar-refractivity contribution in [3.05, 3.63) is 57.3 Å². The summed E-state index contributed by atoms with van der Waals surface area (Å²) in [4.78, 5) is 27.6. The lowest BCUT2D eigenvalue weighted by Crippen LogP contribution is -2.28. The van der Waals surface area contributed by atoms with Gasteiger partial charge in [0.2, 0.25) is 0 Å². The number of thiophene rings is 1. The van der Waals surface area contributed by atoms with Crippen molar-refractivity contribution in [2.75, 3.05) is 0 Å². The van der Waals surface area contributed by atoms with Crippen LogP contribution >= 0.6 is 22.9 Å². The van der Waals surface area contributed by atoms with Gasteiger partial charge in [0.1, 0.15) is 0 Å². The van der Waals surface area contributed by atoms with E-state index in [0.29, 0.717) is 23.6 Å². The molecule has 2 heterocycles. The summed E-state index contributed by atoms with van der Waals surface area (Å²) in [6, 6.07) is 10.7. The van der Waals surface area contributed by atoms with E-state index in [2.05, 4.69) is 0 Å². The molecule has 0 spiro atoms. The van der Waals surface area contributed by atoms with Crippen LogP contribution in [0.1, 0.15) is 44.3 Å². The van der Waals surface area contributed by atoms with E-state index in [9.17, 15) is 9.59 Å². The first-order chi connectivity index (χ1) is 10.2. The van der Waals surface area contributed by atoms with Crippen LogP contribution in [0.25, 0.3) is 0 Å². The van der Waals surface area contributed by atoms with E-state index in [0.717, 1.165) is 9.75 Å². The molecular weight excluding hydrogens is 306 g/mol. The van der Waals surface area contributed by atoms with Crippen molar-refractivity contribution in [2.45, 2.75) is 26.3 Å². The van der Waals surface area contributed by atoms with Gasteiger partial charge >= 0.3 is 0 Å². The van der Waals surface area contributed by atoms with Crippen LogP contribution in [-0.2, 0) is 12.4 Å². The molecule has 5 heteroatoms. The zero-order valence-corrected chi connectivity index (χ0v) is 13.5. The van der Waals surface area contributed by atoms with E-state index in [1.54, 1.807) is 24.3 Å². The highest BCUT2D eigenvalue weighted by Gasteiger charge is 2.35. The molecule has 0 bridgehead atoms. The zero-order valence-electron chi connectivity index (χ0n) is 11.9. The van der Waals surface area contributed by atoms with Crippen molar-refractivity contribution >= 4 is 34.8 Å². The lowest BCUT2D eigenvalue weighted by Gasteiger charge is -2.11. The van der Waals surface area contributed by atoms with Gasteiger partial charge in [-0.05, 0) is 24.3 Å². The largest absolute Gasteiger partial charge is 0.269 e. The monoisotopic (exact) mass is 321 g/mol. The predicted octanol–water partition coefficient (Wildman–Crippen LogP) is 4.31. The molecule has 0 radical (unpaired) electrons. The molecule has 2 aromatic rings. The van der Waals surface area contributed by atoms with Gasteiger partial charge in [0.25, 0.3) is 11.8 Å². The molecule has 3 rings (SSSR count). The van der Waals surface area contributed by atoms with E-state index in [1.165, 1.54) is 16.2 Å². The predicted molar refractivity (Wildman–Crippen MR) is 85.9 cm³/mol. The second-order valence-corrected chi connectivity index (χ2v) is 5.76. The smallest absolute Gasteiger partial charge is 0.261 e. The van der Waals surface area contributed by atoms with E-state index in [4.69, 9.17) is 11.6 Å². The van der Waals surface area contributed by atoms with Crippen LogP contribution in [0.2, 0.25) is 0 Å². The second kappa shape index (κ2) is 6.87. The quantitative estimate of drug-likeness (QED) is 0.624. The Morgan fingerprint density at radius 1 is 0.952 bits per heavy atom. The lowest BCUT2D eigenvalue weighted by atomic mass is 10.1. The van der Waals surface area contributed by atoms with Gasteiger partial charge in [-0.2, -0.15) is 0 Å². The first kappa shape index (κ1) is 15.7. The van der Waals surface area contributed by atoms with Gasteiger partial charge in [0.15, 0.2) is 0 Å². The van der Waals surface area contributed by atoms with Crippen LogP contribution in [0, 0.1) is 0 Å². The fraction of sp³-hybridized carbons (Fsp3) is 0.250. The molecule has 0 N–H and O–H groups in total. The number of hydrogen-bond acceptors (Lipinski definition) is 3. The van der Waals surface area contributed by atoms with Crippen LogP contribution in [0.15, 0.2) is 36.4 Å². The summed E-state index contributed by atoms with van der Waals surface area (Å²) < 4.78 is 0. The van der Waals surface area contributed by atoms with Crippen molar-refractivity contribution in [3.63, 3.8) is 0 Å². The first-order valence-electron chi connectivity index (χ1n) is 6.79. The molecule has 1 aromatic heterocycles. The Balaban J connectivity index is 0.000000774. The van der Waals surface area contributed by atoms with E-state index in [1.807, 2.05) is 26.0 Å². The Kier molecular flexibility index (Phi) is 5.15. The molecule has 0 fully saturated rings. The molecule has 2 amide bonds. The summed E-state index contributed by atoms with van der Waals surface area (Å²) in [6.07, 6.45) is 0. The van der Waals surface area contributed by atoms with Gasteiger partial charge in [-0.3, -0.25) is 14.5 Å². The first-order valence-corrected chi connectivity index (χ1v) is 8.14. The van der Waals surface area contributed by atoms with E-state index < -0.39 is 0 Å². The molecule has 1 aromatic carbocycles. The maximum atomic E-state index is 12.2. The van der Waals surface area contributed by atoms with E-state index >= 15 is 0 Å². The van der Waals surface area contributed by atoms with Gasteiger partial charge in [0.05, 0.1) is 23.6 Å². The molecule has 0 aliphatic carbocycles. The maximum Gasteiger partial charge on any atom is 0.261 e. The molecule has 1 aliphatic rings. The average Bonchev–Trinajstić information content (AvgIpc) is 3.09.